The van der Waals surface area contributed by atoms with E-state index in [1.165, 1.54) is 37.3 Å². The Bertz CT molecular complexity index is 1150. The highest BCUT2D eigenvalue weighted by molar-refractivity contribution is 9.10. The molecular weight excluding hydrogens is 511 g/mol. The number of nitrogens with zero attached hydrogens (tertiary/aromatic N) is 2. The van der Waals surface area contributed by atoms with Crippen molar-refractivity contribution in [3.05, 3.63) is 57.3 Å². The van der Waals surface area contributed by atoms with E-state index in [0.717, 1.165) is 6.07 Å². The van der Waals surface area contributed by atoms with Gasteiger partial charge in [0, 0.05) is 12.1 Å². The number of rotatable bonds is 8. The van der Waals surface area contributed by atoms with Crippen LogP contribution in [0.3, 0.4) is 0 Å². The van der Waals surface area contributed by atoms with Gasteiger partial charge in [0.25, 0.3) is 11.7 Å². The highest BCUT2D eigenvalue weighted by Crippen LogP contribution is 2.44. The zero-order chi connectivity index (χ0) is 25.2. The lowest BCUT2D eigenvalue weighted by Crippen LogP contribution is -2.32. The molecule has 2 aromatic rings. The number of ether oxygens (including phenoxy) is 2. The molecule has 1 atom stereocenters. The van der Waals surface area contributed by atoms with Crippen LogP contribution in [0.25, 0.3) is 5.76 Å². The summed E-state index contributed by atoms with van der Waals surface area (Å²) in [6.45, 7) is 0.907. The molecule has 1 unspecified atom stereocenters. The first-order chi connectivity index (χ1) is 16.1. The second kappa shape index (κ2) is 10.4. The average Bonchev–Trinajstić information content (AvgIpc) is 3.05. The number of carbonyl (C=O) groups is 2. The van der Waals surface area contributed by atoms with Gasteiger partial charge in [-0.2, -0.15) is 0 Å². The summed E-state index contributed by atoms with van der Waals surface area (Å²) >= 11 is 3.27. The van der Waals surface area contributed by atoms with Crippen LogP contribution in [0, 0.1) is 5.82 Å². The Labute approximate surface area is 205 Å². The molecule has 1 aliphatic heterocycles. The fourth-order valence-electron chi connectivity index (χ4n) is 3.89. The van der Waals surface area contributed by atoms with Crippen LogP contribution >= 0.6 is 15.9 Å². The summed E-state index contributed by atoms with van der Waals surface area (Å²) in [7, 11) is 6.48. The fraction of sp³-hybridized carbons (Fsp3) is 0.333. The lowest BCUT2D eigenvalue weighted by atomic mass is 9.94. The number of halogens is 2. The van der Waals surface area contributed by atoms with Gasteiger partial charge in [-0.3, -0.25) is 9.59 Å². The van der Waals surface area contributed by atoms with Crippen LogP contribution in [0.1, 0.15) is 23.6 Å². The molecule has 10 heteroatoms. The molecule has 0 saturated carbocycles. The molecule has 0 spiro atoms. The number of phenols is 1. The number of aliphatic hydroxyl groups excluding tert-OH is 1. The quantitative estimate of drug-likeness (QED) is 0.301. The van der Waals surface area contributed by atoms with Crippen LogP contribution in [-0.2, 0) is 9.59 Å². The molecule has 0 bridgehead atoms. The molecular formula is C24H26BrFN2O6. The van der Waals surface area contributed by atoms with Gasteiger partial charge in [-0.15, -0.1) is 0 Å². The van der Waals surface area contributed by atoms with Crippen LogP contribution in [0.15, 0.2) is 40.4 Å². The highest BCUT2D eigenvalue weighted by Gasteiger charge is 2.46. The van der Waals surface area contributed by atoms with E-state index in [2.05, 4.69) is 15.9 Å². The number of amides is 1. The molecule has 0 aromatic heterocycles. The first-order valence-corrected chi connectivity index (χ1v) is 11.2. The number of carbonyl (C=O) groups excluding carboxylic acids is 2. The van der Waals surface area contributed by atoms with E-state index >= 15 is 0 Å². The van der Waals surface area contributed by atoms with Gasteiger partial charge in [0.15, 0.2) is 23.1 Å². The standard InChI is InChI=1S/C24H26BrFN2O6/c1-27(2)8-5-9-28-20(14-10-15(25)22(30)18(12-14)34-4)19(23(31)24(28)32)21(29)13-6-7-17(33-3)16(26)11-13/h6-7,10-12,20,29-30H,5,8-9H2,1-4H3/b21-19-. The van der Waals surface area contributed by atoms with Crippen LogP contribution in [0.4, 0.5) is 4.39 Å². The van der Waals surface area contributed by atoms with Gasteiger partial charge in [-0.25, -0.2) is 4.39 Å². The number of likely N-dealkylation sites (tertiary alicyclic amines) is 1. The number of benzene rings is 2. The van der Waals surface area contributed by atoms with Gasteiger partial charge in [0.05, 0.1) is 30.3 Å². The summed E-state index contributed by atoms with van der Waals surface area (Å²) in [6, 6.07) is 5.84. The third kappa shape index (κ3) is 4.88. The van der Waals surface area contributed by atoms with Gasteiger partial charge in [0.1, 0.15) is 5.76 Å². The number of ketones is 1. The second-order valence-electron chi connectivity index (χ2n) is 8.05. The minimum Gasteiger partial charge on any atom is -0.507 e. The summed E-state index contributed by atoms with van der Waals surface area (Å²) in [5.74, 6) is -2.94. The number of phenolic OH excluding ortho intramolecular Hbond substituents is 1. The Morgan fingerprint density at radius 1 is 1.15 bits per heavy atom. The maximum Gasteiger partial charge on any atom is 0.295 e. The van der Waals surface area contributed by atoms with E-state index < -0.39 is 29.3 Å². The van der Waals surface area contributed by atoms with E-state index in [-0.39, 0.29) is 39.4 Å². The molecule has 1 heterocycles. The Balaban J connectivity index is 2.19. The number of Topliss-reactive ketones (excluding diaryl/α,β-unsaturated/α-hetero) is 1. The third-order valence-electron chi connectivity index (χ3n) is 5.56. The fourth-order valence-corrected chi connectivity index (χ4v) is 4.35. The van der Waals surface area contributed by atoms with Crippen LogP contribution in [0.5, 0.6) is 17.2 Å². The smallest absolute Gasteiger partial charge is 0.295 e. The molecule has 182 valence electrons. The Kier molecular flexibility index (Phi) is 7.83. The predicted molar refractivity (Wildman–Crippen MR) is 127 cm³/mol. The van der Waals surface area contributed by atoms with E-state index in [1.807, 2.05) is 19.0 Å². The van der Waals surface area contributed by atoms with Gasteiger partial charge < -0.3 is 29.5 Å². The lowest BCUT2D eigenvalue weighted by molar-refractivity contribution is -0.139. The van der Waals surface area contributed by atoms with E-state index in [0.29, 0.717) is 18.5 Å². The minimum absolute atomic E-state index is 0.0237. The van der Waals surface area contributed by atoms with E-state index in [9.17, 15) is 24.2 Å². The van der Waals surface area contributed by atoms with Crippen molar-refractivity contribution in [3.63, 3.8) is 0 Å². The summed E-state index contributed by atoms with van der Waals surface area (Å²) < 4.78 is 24.8. The van der Waals surface area contributed by atoms with Crippen molar-refractivity contribution in [2.24, 2.45) is 0 Å². The normalized spacial score (nSPS) is 17.5. The molecule has 1 saturated heterocycles. The van der Waals surface area contributed by atoms with Crippen molar-refractivity contribution in [3.8, 4) is 17.2 Å². The molecule has 1 aliphatic rings. The van der Waals surface area contributed by atoms with Gasteiger partial charge >= 0.3 is 0 Å². The Hall–Kier alpha value is -3.11. The van der Waals surface area contributed by atoms with Crippen molar-refractivity contribution >= 4 is 33.4 Å². The topological polar surface area (TPSA) is 99.5 Å². The SMILES string of the molecule is COc1ccc(/C(O)=C2/C(=O)C(=O)N(CCCN(C)C)C2c2cc(Br)c(O)c(OC)c2)cc1F. The largest absolute Gasteiger partial charge is 0.507 e. The third-order valence-corrected chi connectivity index (χ3v) is 6.16. The zero-order valence-electron chi connectivity index (χ0n) is 19.3. The van der Waals surface area contributed by atoms with Crippen molar-refractivity contribution in [2.45, 2.75) is 12.5 Å². The van der Waals surface area contributed by atoms with Crippen molar-refractivity contribution < 1.29 is 33.7 Å². The molecule has 8 nitrogen and oxygen atoms in total. The van der Waals surface area contributed by atoms with Crippen LogP contribution in [0.2, 0.25) is 0 Å². The molecule has 0 radical (unpaired) electrons. The van der Waals surface area contributed by atoms with Gasteiger partial charge in [-0.05, 0) is 78.9 Å². The number of hydrogen-bond acceptors (Lipinski definition) is 7. The van der Waals surface area contributed by atoms with E-state index in [4.69, 9.17) is 9.47 Å². The molecule has 3 rings (SSSR count). The van der Waals surface area contributed by atoms with Gasteiger partial charge in [0.2, 0.25) is 0 Å². The summed E-state index contributed by atoms with van der Waals surface area (Å²) in [6.07, 6.45) is 0.574. The van der Waals surface area contributed by atoms with Gasteiger partial charge in [-0.1, -0.05) is 0 Å². The van der Waals surface area contributed by atoms with Crippen molar-refractivity contribution in [2.75, 3.05) is 41.4 Å². The molecule has 34 heavy (non-hydrogen) atoms. The van der Waals surface area contributed by atoms with Crippen LogP contribution < -0.4 is 9.47 Å². The van der Waals surface area contributed by atoms with Crippen molar-refractivity contribution in [1.29, 1.82) is 0 Å². The molecule has 1 fully saturated rings. The molecule has 2 aromatic carbocycles. The Morgan fingerprint density at radius 2 is 1.82 bits per heavy atom. The first-order valence-electron chi connectivity index (χ1n) is 10.4. The predicted octanol–water partition coefficient (Wildman–Crippen LogP) is 3.68. The summed E-state index contributed by atoms with van der Waals surface area (Å²) in [4.78, 5) is 29.4. The zero-order valence-corrected chi connectivity index (χ0v) is 20.8. The van der Waals surface area contributed by atoms with E-state index in [1.54, 1.807) is 6.07 Å². The number of aromatic hydroxyl groups is 1. The Morgan fingerprint density at radius 3 is 2.41 bits per heavy atom. The maximum atomic E-state index is 14.3. The summed E-state index contributed by atoms with van der Waals surface area (Å²) in [5.41, 5.74) is 0.277. The monoisotopic (exact) mass is 536 g/mol. The minimum atomic E-state index is -0.974. The molecule has 1 amide bonds. The average molecular weight is 537 g/mol. The van der Waals surface area contributed by atoms with Crippen molar-refractivity contribution in [1.82, 2.24) is 9.80 Å². The number of hydrogen-bond donors (Lipinski definition) is 2. The molecule has 0 aliphatic carbocycles. The molecule has 2 N–H and O–H groups in total. The van der Waals surface area contributed by atoms with Crippen LogP contribution in [-0.4, -0.2) is 73.1 Å². The maximum absolute atomic E-state index is 14.3. The highest BCUT2D eigenvalue weighted by atomic mass is 79.9. The summed E-state index contributed by atoms with van der Waals surface area (Å²) in [5, 5.41) is 21.3. The number of methoxy groups -OCH3 is 2. The first kappa shape index (κ1) is 25.5. The second-order valence-corrected chi connectivity index (χ2v) is 8.91. The lowest BCUT2D eigenvalue weighted by Gasteiger charge is -2.26. The number of aliphatic hydroxyl groups is 1.